The third kappa shape index (κ3) is 5.34. The van der Waals surface area contributed by atoms with Crippen LogP contribution in [0, 0.1) is 0 Å². The van der Waals surface area contributed by atoms with Crippen molar-refractivity contribution in [3.05, 3.63) is 83.9 Å². The number of hydrogen-bond donors (Lipinski definition) is 0. The Balaban J connectivity index is 1.18. The van der Waals surface area contributed by atoms with Gasteiger partial charge in [-0.05, 0) is 41.5 Å². The molecule has 2 aromatic heterocycles. The Morgan fingerprint density at radius 3 is 2.55 bits per heavy atom. The van der Waals surface area contributed by atoms with Crippen LogP contribution in [-0.4, -0.2) is 47.3 Å². The quantitative estimate of drug-likeness (QED) is 0.308. The van der Waals surface area contributed by atoms with Crippen LogP contribution in [0.5, 0.6) is 11.5 Å². The van der Waals surface area contributed by atoms with Crippen molar-refractivity contribution in [2.24, 2.45) is 0 Å². The minimum Gasteiger partial charge on any atom is -0.497 e. The molecule has 0 saturated heterocycles. The van der Waals surface area contributed by atoms with Crippen LogP contribution in [-0.2, 0) is 33.8 Å². The summed E-state index contributed by atoms with van der Waals surface area (Å²) in [4.78, 5) is 35.7. The number of hydrogen-bond acceptors (Lipinski definition) is 9. The lowest BCUT2D eigenvalue weighted by molar-refractivity contribution is -0.143. The highest BCUT2D eigenvalue weighted by Gasteiger charge is 2.38. The van der Waals surface area contributed by atoms with E-state index in [4.69, 9.17) is 18.7 Å². The largest absolute Gasteiger partial charge is 0.497 e. The first-order valence-electron chi connectivity index (χ1n) is 12.1. The van der Waals surface area contributed by atoms with Crippen molar-refractivity contribution < 1.29 is 28.3 Å². The van der Waals surface area contributed by atoms with Gasteiger partial charge < -0.3 is 18.7 Å². The average molecular weight is 515 g/mol. The summed E-state index contributed by atoms with van der Waals surface area (Å²) in [5, 5.41) is 3.99. The molecule has 0 bridgehead atoms. The number of fused-ring (bicyclic) bond motifs is 1. The lowest BCUT2D eigenvalue weighted by atomic mass is 10.1. The number of amides is 1. The molecule has 194 valence electrons. The first kappa shape index (κ1) is 24.9. The van der Waals surface area contributed by atoms with E-state index < -0.39 is 12.0 Å². The molecule has 4 aromatic rings. The van der Waals surface area contributed by atoms with Gasteiger partial charge in [0.25, 0.3) is 0 Å². The van der Waals surface area contributed by atoms with Gasteiger partial charge in [0.1, 0.15) is 29.8 Å². The lowest BCUT2D eigenvalue weighted by Crippen LogP contribution is -2.43. The molecule has 0 aliphatic carbocycles. The Morgan fingerprint density at radius 1 is 1.03 bits per heavy atom. The maximum Gasteiger partial charge on any atom is 0.329 e. The van der Waals surface area contributed by atoms with Crippen LogP contribution >= 0.6 is 0 Å². The Hall–Kier alpha value is -4.73. The smallest absolute Gasteiger partial charge is 0.329 e. The molecule has 0 saturated carbocycles. The summed E-state index contributed by atoms with van der Waals surface area (Å²) in [6.07, 6.45) is 2.33. The molecule has 1 amide bonds. The maximum atomic E-state index is 13.1. The minimum atomic E-state index is -0.683. The van der Waals surface area contributed by atoms with Crippen LogP contribution < -0.4 is 14.4 Å². The predicted molar refractivity (Wildman–Crippen MR) is 137 cm³/mol. The van der Waals surface area contributed by atoms with Crippen LogP contribution in [0.25, 0.3) is 11.5 Å². The van der Waals surface area contributed by atoms with Crippen LogP contribution in [0.1, 0.15) is 23.4 Å². The number of aryl methyl sites for hydroxylation is 1. The number of benzene rings is 2. The highest BCUT2D eigenvalue weighted by molar-refractivity contribution is 6.02. The summed E-state index contributed by atoms with van der Waals surface area (Å²) in [6.45, 7) is 0.393. The van der Waals surface area contributed by atoms with E-state index in [0.29, 0.717) is 36.2 Å². The van der Waals surface area contributed by atoms with Gasteiger partial charge >= 0.3 is 5.97 Å². The molecule has 0 N–H and O–H groups in total. The van der Waals surface area contributed by atoms with Crippen molar-refractivity contribution in [1.29, 1.82) is 0 Å². The molecule has 2 aromatic carbocycles. The van der Waals surface area contributed by atoms with Gasteiger partial charge in [0.05, 0.1) is 20.4 Å². The molecule has 0 radical (unpaired) electrons. The van der Waals surface area contributed by atoms with E-state index in [1.807, 2.05) is 48.5 Å². The Bertz CT molecular complexity index is 1420. The fraction of sp³-hybridized carbons (Fsp3) is 0.250. The van der Waals surface area contributed by atoms with Gasteiger partial charge in [-0.1, -0.05) is 35.5 Å². The summed E-state index contributed by atoms with van der Waals surface area (Å²) < 4.78 is 21.2. The lowest BCUT2D eigenvalue weighted by Gasteiger charge is -2.23. The third-order valence-electron chi connectivity index (χ3n) is 6.27. The number of carbonyl (C=O) groups excluding carboxylic acids is 2. The molecule has 1 unspecified atom stereocenters. The Morgan fingerprint density at radius 2 is 1.82 bits per heavy atom. The highest BCUT2D eigenvalue weighted by Crippen LogP contribution is 2.33. The third-order valence-corrected chi connectivity index (χ3v) is 6.27. The number of rotatable bonds is 9. The van der Waals surface area contributed by atoms with Crippen molar-refractivity contribution in [1.82, 2.24) is 15.1 Å². The Kier molecular flexibility index (Phi) is 7.30. The Labute approximate surface area is 219 Å². The van der Waals surface area contributed by atoms with Crippen LogP contribution in [0.15, 0.2) is 71.4 Å². The molecule has 0 fully saturated rings. The highest BCUT2D eigenvalue weighted by atomic mass is 16.5. The zero-order chi connectivity index (χ0) is 26.5. The topological polar surface area (TPSA) is 117 Å². The van der Waals surface area contributed by atoms with Gasteiger partial charge in [0.2, 0.25) is 17.6 Å². The van der Waals surface area contributed by atoms with E-state index in [9.17, 15) is 9.59 Å². The number of aromatic nitrogens is 3. The van der Waals surface area contributed by atoms with Gasteiger partial charge in [-0.2, -0.15) is 4.98 Å². The van der Waals surface area contributed by atoms with Gasteiger partial charge in [-0.3, -0.25) is 9.69 Å². The molecule has 1 aliphatic heterocycles. The summed E-state index contributed by atoms with van der Waals surface area (Å²) in [6, 6.07) is 17.9. The molecule has 1 aliphatic rings. The van der Waals surface area contributed by atoms with E-state index in [0.717, 1.165) is 22.6 Å². The second-order valence-electron chi connectivity index (χ2n) is 8.66. The number of methoxy groups -OCH3 is 2. The molecule has 0 spiro atoms. The average Bonchev–Trinajstić information content (AvgIpc) is 3.60. The number of pyridine rings is 1. The number of esters is 1. The van der Waals surface area contributed by atoms with Crippen molar-refractivity contribution in [2.75, 3.05) is 19.1 Å². The molecular weight excluding hydrogens is 488 g/mol. The van der Waals surface area contributed by atoms with Gasteiger partial charge in [0.15, 0.2) is 0 Å². The van der Waals surface area contributed by atoms with Crippen molar-refractivity contribution in [2.45, 2.75) is 31.9 Å². The number of nitrogens with zero attached hydrogens (tertiary/aromatic N) is 4. The molecule has 10 heteroatoms. The summed E-state index contributed by atoms with van der Waals surface area (Å²) >= 11 is 0. The molecular formula is C28H26N4O6. The molecule has 38 heavy (non-hydrogen) atoms. The zero-order valence-electron chi connectivity index (χ0n) is 21.0. The fourth-order valence-corrected chi connectivity index (χ4v) is 4.30. The van der Waals surface area contributed by atoms with E-state index in [1.54, 1.807) is 25.4 Å². The van der Waals surface area contributed by atoms with Gasteiger partial charge in [-0.15, -0.1) is 0 Å². The van der Waals surface area contributed by atoms with E-state index in [1.165, 1.54) is 12.0 Å². The van der Waals surface area contributed by atoms with E-state index in [2.05, 4.69) is 15.1 Å². The van der Waals surface area contributed by atoms with Gasteiger partial charge in [-0.25, -0.2) is 9.78 Å². The first-order chi connectivity index (χ1) is 18.6. The second-order valence-corrected chi connectivity index (χ2v) is 8.66. The first-order valence-corrected chi connectivity index (χ1v) is 12.1. The SMILES string of the molecule is COC(=O)C1Cc2ccccc2N1C(=O)CCc1nc(-c2ccc(OCc3ccc(OC)cc3)cn2)no1. The monoisotopic (exact) mass is 514 g/mol. The molecule has 3 heterocycles. The normalized spacial score (nSPS) is 14.2. The number of ether oxygens (including phenoxy) is 3. The molecule has 1 atom stereocenters. The number of carbonyl (C=O) groups is 2. The maximum absolute atomic E-state index is 13.1. The zero-order valence-corrected chi connectivity index (χ0v) is 21.0. The molecule has 10 nitrogen and oxygen atoms in total. The fourth-order valence-electron chi connectivity index (χ4n) is 4.30. The number of para-hydroxylation sites is 1. The second kappa shape index (κ2) is 11.1. The van der Waals surface area contributed by atoms with E-state index >= 15 is 0 Å². The van der Waals surface area contributed by atoms with Crippen LogP contribution in [0.4, 0.5) is 5.69 Å². The van der Waals surface area contributed by atoms with Crippen molar-refractivity contribution in [3.8, 4) is 23.0 Å². The van der Waals surface area contributed by atoms with Gasteiger partial charge in [0, 0.05) is 24.9 Å². The number of anilines is 1. The predicted octanol–water partition coefficient (Wildman–Crippen LogP) is 3.78. The minimum absolute atomic E-state index is 0.0923. The summed E-state index contributed by atoms with van der Waals surface area (Å²) in [5.74, 6) is 1.34. The van der Waals surface area contributed by atoms with Crippen molar-refractivity contribution >= 4 is 17.6 Å². The van der Waals surface area contributed by atoms with Crippen LogP contribution in [0.3, 0.4) is 0 Å². The standard InChI is InChI=1S/C28H26N4O6/c1-35-20-9-7-18(8-10-20)17-37-21-11-12-22(29-16-21)27-30-25(38-31-27)13-14-26(33)32-23-6-4-3-5-19(23)15-24(32)28(34)36-2/h3-12,16,24H,13-15,17H2,1-2H3. The van der Waals surface area contributed by atoms with Crippen LogP contribution in [0.2, 0.25) is 0 Å². The summed E-state index contributed by atoms with van der Waals surface area (Å²) in [5.41, 5.74) is 3.17. The van der Waals surface area contributed by atoms with E-state index in [-0.39, 0.29) is 18.7 Å². The molecule has 5 rings (SSSR count). The summed E-state index contributed by atoms with van der Waals surface area (Å²) in [7, 11) is 2.95. The van der Waals surface area contributed by atoms with Crippen molar-refractivity contribution in [3.63, 3.8) is 0 Å².